The van der Waals surface area contributed by atoms with Gasteiger partial charge in [-0.1, -0.05) is 50.9 Å². The van der Waals surface area contributed by atoms with E-state index < -0.39 is 12.1 Å². The van der Waals surface area contributed by atoms with Crippen molar-refractivity contribution in [1.29, 1.82) is 0 Å². The number of anilines is 2. The van der Waals surface area contributed by atoms with E-state index in [1.807, 2.05) is 13.8 Å². The minimum Gasteiger partial charge on any atom is -0.506 e. The fourth-order valence-electron chi connectivity index (χ4n) is 5.19. The summed E-state index contributed by atoms with van der Waals surface area (Å²) in [5, 5.41) is 14.5. The van der Waals surface area contributed by atoms with Gasteiger partial charge in [0.15, 0.2) is 5.78 Å². The Bertz CT molecular complexity index is 1290. The molecule has 2 aliphatic rings. The number of ether oxygens (including phenoxy) is 4. The Hall–Kier alpha value is -3.27. The van der Waals surface area contributed by atoms with Gasteiger partial charge in [0.05, 0.1) is 38.2 Å². The summed E-state index contributed by atoms with van der Waals surface area (Å²) in [4.78, 5) is 29.1. The number of amides is 1. The third-order valence-corrected chi connectivity index (χ3v) is 7.45. The second-order valence-corrected chi connectivity index (χ2v) is 11.4. The van der Waals surface area contributed by atoms with E-state index in [-0.39, 0.29) is 30.2 Å². The number of rotatable bonds is 11. The Labute approximate surface area is 246 Å². The number of benzene rings is 2. The Morgan fingerprint density at radius 1 is 1.12 bits per heavy atom. The minimum atomic E-state index is -0.914. The zero-order valence-corrected chi connectivity index (χ0v) is 24.9. The van der Waals surface area contributed by atoms with Crippen LogP contribution in [0.2, 0.25) is 5.02 Å². The molecular weight excluding hydrogens is 548 g/mol. The number of hydrogen-bond acceptors (Lipinski definition) is 8. The largest absolute Gasteiger partial charge is 0.506 e. The number of ketones is 1. The molecule has 1 unspecified atom stereocenters. The molecular formula is C31H39ClN2O7. The number of nitrogens with zero attached hydrogens (tertiary/aromatic N) is 1. The van der Waals surface area contributed by atoms with Crippen LogP contribution in [0.3, 0.4) is 0 Å². The van der Waals surface area contributed by atoms with Gasteiger partial charge in [0.1, 0.15) is 23.8 Å². The van der Waals surface area contributed by atoms with Gasteiger partial charge in [-0.25, -0.2) is 4.79 Å². The molecule has 9 nitrogen and oxygen atoms in total. The lowest BCUT2D eigenvalue weighted by atomic mass is 9.73. The van der Waals surface area contributed by atoms with E-state index in [0.29, 0.717) is 71.6 Å². The summed E-state index contributed by atoms with van der Waals surface area (Å²) >= 11 is 6.87. The summed E-state index contributed by atoms with van der Waals surface area (Å²) in [5.41, 5.74) is 1.94. The molecule has 1 amide bonds. The van der Waals surface area contributed by atoms with E-state index in [2.05, 4.69) is 12.2 Å². The highest BCUT2D eigenvalue weighted by molar-refractivity contribution is 6.31. The number of methoxy groups -OCH3 is 1. The van der Waals surface area contributed by atoms with Crippen LogP contribution < -0.4 is 15.0 Å². The van der Waals surface area contributed by atoms with E-state index >= 15 is 0 Å². The number of para-hydroxylation sites is 1. The van der Waals surface area contributed by atoms with Crippen LogP contribution in [0.4, 0.5) is 16.2 Å². The lowest BCUT2D eigenvalue weighted by Gasteiger charge is -2.37. The van der Waals surface area contributed by atoms with Crippen molar-refractivity contribution in [3.8, 4) is 11.5 Å². The van der Waals surface area contributed by atoms with Gasteiger partial charge in [0, 0.05) is 29.8 Å². The summed E-state index contributed by atoms with van der Waals surface area (Å²) in [6.07, 6.45) is 2.02. The Kier molecular flexibility index (Phi) is 10.2. The molecule has 0 spiro atoms. The second kappa shape index (κ2) is 13.6. The first-order chi connectivity index (χ1) is 19.7. The highest BCUT2D eigenvalue weighted by Crippen LogP contribution is 2.51. The van der Waals surface area contributed by atoms with Gasteiger partial charge in [-0.05, 0) is 48.1 Å². The van der Waals surface area contributed by atoms with Crippen molar-refractivity contribution in [2.24, 2.45) is 5.41 Å². The summed E-state index contributed by atoms with van der Waals surface area (Å²) in [6.45, 7) is 7.63. The average molecular weight is 587 g/mol. The summed E-state index contributed by atoms with van der Waals surface area (Å²) in [6, 6.07) is 9.25. The number of nitrogens with one attached hydrogen (secondary N) is 1. The lowest BCUT2D eigenvalue weighted by molar-refractivity contribution is -0.118. The second-order valence-electron chi connectivity index (χ2n) is 11.0. The number of carbonyl (C=O) groups is 2. The van der Waals surface area contributed by atoms with Crippen LogP contribution in [-0.2, 0) is 19.0 Å². The molecule has 1 atom stereocenters. The molecule has 2 aromatic rings. The first-order valence-corrected chi connectivity index (χ1v) is 14.3. The maximum atomic E-state index is 13.9. The third kappa shape index (κ3) is 7.15. The molecule has 4 rings (SSSR count). The summed E-state index contributed by atoms with van der Waals surface area (Å²) in [5.74, 6) is 0.433. The van der Waals surface area contributed by atoms with Crippen LogP contribution >= 0.6 is 11.6 Å². The zero-order valence-electron chi connectivity index (χ0n) is 24.1. The van der Waals surface area contributed by atoms with Crippen LogP contribution in [-0.4, -0.2) is 57.1 Å². The molecule has 2 aromatic carbocycles. The predicted molar refractivity (Wildman–Crippen MR) is 158 cm³/mol. The molecule has 0 bridgehead atoms. The maximum Gasteiger partial charge on any atom is 0.415 e. The summed E-state index contributed by atoms with van der Waals surface area (Å²) in [7, 11) is 1.58. The number of allylic oxidation sites excluding steroid dienone is 1. The summed E-state index contributed by atoms with van der Waals surface area (Å²) < 4.78 is 22.0. The molecule has 1 aliphatic carbocycles. The fraction of sp³-hybridized carbons (Fsp3) is 0.484. The fourth-order valence-corrected chi connectivity index (χ4v) is 5.47. The van der Waals surface area contributed by atoms with Crippen molar-refractivity contribution in [3.63, 3.8) is 0 Å². The van der Waals surface area contributed by atoms with Crippen LogP contribution in [0.25, 0.3) is 0 Å². The molecule has 0 aromatic heterocycles. The Balaban J connectivity index is 1.81. The lowest BCUT2D eigenvalue weighted by Crippen LogP contribution is -2.40. The molecule has 41 heavy (non-hydrogen) atoms. The number of phenols is 1. The van der Waals surface area contributed by atoms with Crippen LogP contribution in [0.1, 0.15) is 58.1 Å². The first kappa shape index (κ1) is 30.7. The van der Waals surface area contributed by atoms with Gasteiger partial charge < -0.3 is 29.4 Å². The third-order valence-electron chi connectivity index (χ3n) is 7.12. The number of unbranched alkanes of at least 4 members (excludes halogenated alkanes) is 1. The van der Waals surface area contributed by atoms with Gasteiger partial charge in [-0.15, -0.1) is 0 Å². The van der Waals surface area contributed by atoms with E-state index in [1.54, 1.807) is 37.4 Å². The highest BCUT2D eigenvalue weighted by atomic mass is 35.5. The quantitative estimate of drug-likeness (QED) is 0.223. The van der Waals surface area contributed by atoms with Crippen LogP contribution in [0, 0.1) is 5.41 Å². The average Bonchev–Trinajstić information content (AvgIpc) is 3.05. The molecule has 0 saturated heterocycles. The van der Waals surface area contributed by atoms with E-state index in [4.69, 9.17) is 30.5 Å². The van der Waals surface area contributed by atoms with Crippen molar-refractivity contribution in [3.05, 3.63) is 58.3 Å². The monoisotopic (exact) mass is 586 g/mol. The molecule has 222 valence electrons. The Morgan fingerprint density at radius 3 is 2.63 bits per heavy atom. The molecule has 0 fully saturated rings. The smallest absolute Gasteiger partial charge is 0.415 e. The van der Waals surface area contributed by atoms with Crippen molar-refractivity contribution in [2.45, 2.75) is 52.5 Å². The van der Waals surface area contributed by atoms with Crippen molar-refractivity contribution in [2.75, 3.05) is 50.4 Å². The number of carbonyl (C=O) groups excluding carboxylic acids is 2. The number of aromatic hydroxyl groups is 1. The number of Topliss-reactive ketones (excluding diaryl/α,β-unsaturated/α-hetero) is 1. The molecule has 1 heterocycles. The van der Waals surface area contributed by atoms with Crippen molar-refractivity contribution >= 4 is 34.9 Å². The van der Waals surface area contributed by atoms with Crippen molar-refractivity contribution < 1.29 is 33.6 Å². The van der Waals surface area contributed by atoms with E-state index in [1.165, 1.54) is 11.0 Å². The van der Waals surface area contributed by atoms with Gasteiger partial charge >= 0.3 is 6.09 Å². The molecule has 0 radical (unpaired) electrons. The zero-order chi connectivity index (χ0) is 29.6. The SMILES string of the molecule is CCCCOc1ccc(C2C3=C(CC(C)(C)CC3=O)Nc3c(O)cccc3N2C(=O)OCCOCCOC)c(Cl)c1. The highest BCUT2D eigenvalue weighted by Gasteiger charge is 2.45. The Morgan fingerprint density at radius 2 is 1.90 bits per heavy atom. The predicted octanol–water partition coefficient (Wildman–Crippen LogP) is 6.64. The van der Waals surface area contributed by atoms with Crippen LogP contribution in [0.15, 0.2) is 47.7 Å². The van der Waals surface area contributed by atoms with Crippen molar-refractivity contribution in [1.82, 2.24) is 0 Å². The molecule has 2 N–H and O–H groups in total. The maximum absolute atomic E-state index is 13.9. The molecule has 10 heteroatoms. The normalized spacial score (nSPS) is 17.8. The van der Waals surface area contributed by atoms with Gasteiger partial charge in [-0.3, -0.25) is 9.69 Å². The topological polar surface area (TPSA) is 107 Å². The number of fused-ring (bicyclic) bond motifs is 1. The number of hydrogen-bond donors (Lipinski definition) is 2. The van der Waals surface area contributed by atoms with Gasteiger partial charge in [0.25, 0.3) is 0 Å². The minimum absolute atomic E-state index is 0.0157. The number of halogens is 1. The molecule has 1 aliphatic heterocycles. The standard InChI is InChI=1S/C31H39ClN2O7/c1-5-6-12-40-20-10-11-21(22(32)17-20)29-27-23(18-31(2,3)19-26(27)36)33-28-24(8-7-9-25(28)35)34(29)30(37)41-16-15-39-14-13-38-4/h7-11,17,29,33,35H,5-6,12-16,18-19H2,1-4H3. The van der Waals surface area contributed by atoms with Gasteiger partial charge in [-0.2, -0.15) is 0 Å². The number of phenolic OH excluding ortho intramolecular Hbond substituents is 1. The van der Waals surface area contributed by atoms with E-state index in [0.717, 1.165) is 12.8 Å². The molecule has 0 saturated carbocycles. The van der Waals surface area contributed by atoms with Crippen LogP contribution in [0.5, 0.6) is 11.5 Å². The first-order valence-electron chi connectivity index (χ1n) is 14.0. The van der Waals surface area contributed by atoms with Gasteiger partial charge in [0.2, 0.25) is 0 Å². The van der Waals surface area contributed by atoms with E-state index in [9.17, 15) is 14.7 Å².